The minimum atomic E-state index is -0.604. The Morgan fingerprint density at radius 3 is 2.61 bits per heavy atom. The molecule has 0 saturated carbocycles. The van der Waals surface area contributed by atoms with Gasteiger partial charge in [-0.25, -0.2) is 4.79 Å². The number of Topliss-reactive ketones (excluding diaryl/α,β-unsaturated/α-hetero) is 1. The van der Waals surface area contributed by atoms with Crippen molar-refractivity contribution in [3.05, 3.63) is 97.5 Å². The Morgan fingerprint density at radius 1 is 1.09 bits per heavy atom. The lowest BCUT2D eigenvalue weighted by molar-refractivity contribution is 0.102. The van der Waals surface area contributed by atoms with Gasteiger partial charge in [0.1, 0.15) is 11.6 Å². The first-order valence-corrected chi connectivity index (χ1v) is 11.1. The topological polar surface area (TPSA) is 123 Å². The third kappa shape index (κ3) is 5.41. The normalized spacial score (nSPS) is 10.8. The van der Waals surface area contributed by atoms with E-state index in [1.54, 1.807) is 48.1 Å². The fraction of sp³-hybridized carbons (Fsp3) is 0.136. The number of rotatable bonds is 8. The molecule has 0 aliphatic heterocycles. The van der Waals surface area contributed by atoms with Crippen LogP contribution in [0, 0.1) is 0 Å². The van der Waals surface area contributed by atoms with Gasteiger partial charge >= 0.3 is 5.69 Å². The second kappa shape index (κ2) is 9.88. The van der Waals surface area contributed by atoms with Gasteiger partial charge in [-0.2, -0.15) is 0 Å². The molecule has 0 amide bonds. The molecule has 2 heterocycles. The van der Waals surface area contributed by atoms with Crippen LogP contribution in [0.3, 0.4) is 0 Å². The molecule has 0 fully saturated rings. The van der Waals surface area contributed by atoms with E-state index in [2.05, 4.69) is 20.2 Å². The number of carbonyl (C=O) groups excluding carboxylic acids is 1. The molecule has 0 bridgehead atoms. The molecule has 0 spiro atoms. The molecule has 9 nitrogen and oxygen atoms in total. The fourth-order valence-electron chi connectivity index (χ4n) is 3.15. The first-order chi connectivity index (χ1) is 15.9. The molecule has 0 atom stereocenters. The van der Waals surface area contributed by atoms with Gasteiger partial charge in [0.15, 0.2) is 10.9 Å². The third-order valence-electron chi connectivity index (χ3n) is 4.68. The van der Waals surface area contributed by atoms with Gasteiger partial charge in [-0.15, -0.1) is 10.2 Å². The van der Waals surface area contributed by atoms with Crippen molar-refractivity contribution in [1.29, 1.82) is 0 Å². The maximum Gasteiger partial charge on any atom is 0.325 e. The number of aromatic amines is 2. The number of methoxy groups -OCH3 is 1. The summed E-state index contributed by atoms with van der Waals surface area (Å²) in [5.74, 6) is 1.15. The maximum atomic E-state index is 12.6. The number of hydrogen-bond donors (Lipinski definition) is 2. The van der Waals surface area contributed by atoms with E-state index < -0.39 is 11.2 Å². The van der Waals surface area contributed by atoms with E-state index in [4.69, 9.17) is 16.3 Å². The van der Waals surface area contributed by atoms with Crippen LogP contribution in [0.15, 0.2) is 69.3 Å². The fourth-order valence-corrected chi connectivity index (χ4v) is 4.14. The minimum Gasteiger partial charge on any atom is -0.497 e. The molecule has 4 aromatic rings. The van der Waals surface area contributed by atoms with E-state index in [0.717, 1.165) is 0 Å². The predicted molar refractivity (Wildman–Crippen MR) is 125 cm³/mol. The van der Waals surface area contributed by atoms with Crippen molar-refractivity contribution in [3.63, 3.8) is 0 Å². The second-order valence-electron chi connectivity index (χ2n) is 6.94. The van der Waals surface area contributed by atoms with Gasteiger partial charge in [-0.1, -0.05) is 29.4 Å². The number of hydrogen-bond acceptors (Lipinski definition) is 7. The van der Waals surface area contributed by atoms with Gasteiger partial charge in [-0.05, 0) is 36.4 Å². The number of benzene rings is 2. The Labute approximate surface area is 196 Å². The summed E-state index contributed by atoms with van der Waals surface area (Å²) >= 11 is 7.13. The van der Waals surface area contributed by atoms with Gasteiger partial charge < -0.3 is 9.72 Å². The molecule has 0 aliphatic carbocycles. The van der Waals surface area contributed by atoms with Crippen molar-refractivity contribution >= 4 is 29.1 Å². The highest BCUT2D eigenvalue weighted by Gasteiger charge is 2.18. The number of ketones is 1. The number of nitrogens with zero attached hydrogens (tertiary/aromatic N) is 3. The van der Waals surface area contributed by atoms with E-state index in [0.29, 0.717) is 38.7 Å². The average molecular weight is 484 g/mol. The summed E-state index contributed by atoms with van der Waals surface area (Å²) in [6, 6.07) is 15.2. The van der Waals surface area contributed by atoms with E-state index in [1.807, 2.05) is 12.1 Å². The molecule has 2 N–H and O–H groups in total. The molecule has 4 rings (SSSR count). The van der Waals surface area contributed by atoms with Gasteiger partial charge in [0, 0.05) is 34.8 Å². The van der Waals surface area contributed by atoms with E-state index in [9.17, 15) is 14.4 Å². The highest BCUT2D eigenvalue weighted by molar-refractivity contribution is 7.99. The molecule has 2 aromatic heterocycles. The van der Waals surface area contributed by atoms with Gasteiger partial charge in [0.05, 0.1) is 18.6 Å². The largest absolute Gasteiger partial charge is 0.497 e. The standard InChI is InChI=1S/C22H18ClN5O4S/c1-32-17-4-2-3-16(11-17)28-19(9-15-10-20(30)25-21(31)24-15)26-27-22(28)33-12-18(29)13-5-7-14(23)8-6-13/h2-8,10-11H,9,12H2,1H3,(H2,24,25,30,31). The van der Waals surface area contributed by atoms with Crippen molar-refractivity contribution in [3.8, 4) is 11.4 Å². The molecule has 168 valence electrons. The molecular formula is C22H18ClN5O4S. The maximum absolute atomic E-state index is 12.6. The van der Waals surface area contributed by atoms with E-state index in [1.165, 1.54) is 17.8 Å². The van der Waals surface area contributed by atoms with Gasteiger partial charge in [0.25, 0.3) is 5.56 Å². The van der Waals surface area contributed by atoms with Crippen LogP contribution < -0.4 is 16.0 Å². The van der Waals surface area contributed by atoms with Crippen LogP contribution in [0.4, 0.5) is 0 Å². The highest BCUT2D eigenvalue weighted by atomic mass is 35.5. The van der Waals surface area contributed by atoms with Crippen molar-refractivity contribution in [2.75, 3.05) is 12.9 Å². The predicted octanol–water partition coefficient (Wildman–Crippen LogP) is 2.87. The van der Waals surface area contributed by atoms with Crippen LogP contribution in [0.2, 0.25) is 5.02 Å². The van der Waals surface area contributed by atoms with Crippen LogP contribution in [-0.2, 0) is 6.42 Å². The number of H-pyrrole nitrogens is 2. The zero-order valence-corrected chi connectivity index (χ0v) is 18.9. The zero-order valence-electron chi connectivity index (χ0n) is 17.4. The Balaban J connectivity index is 1.67. The van der Waals surface area contributed by atoms with Gasteiger partial charge in [-0.3, -0.25) is 19.1 Å². The Bertz CT molecular complexity index is 1380. The molecular weight excluding hydrogens is 466 g/mol. The van der Waals surface area contributed by atoms with Gasteiger partial charge in [0.2, 0.25) is 0 Å². The van der Waals surface area contributed by atoms with Crippen LogP contribution >= 0.6 is 23.4 Å². The summed E-state index contributed by atoms with van der Waals surface area (Å²) in [5, 5.41) is 9.54. The first kappa shape index (κ1) is 22.6. The molecule has 33 heavy (non-hydrogen) atoms. The molecule has 0 unspecified atom stereocenters. The summed E-state index contributed by atoms with van der Waals surface area (Å²) < 4.78 is 7.09. The lowest BCUT2D eigenvalue weighted by Gasteiger charge is -2.11. The Hall–Kier alpha value is -3.63. The highest BCUT2D eigenvalue weighted by Crippen LogP contribution is 2.26. The van der Waals surface area contributed by atoms with Crippen molar-refractivity contribution in [2.45, 2.75) is 11.6 Å². The lowest BCUT2D eigenvalue weighted by atomic mass is 10.1. The second-order valence-corrected chi connectivity index (χ2v) is 8.32. The Kier molecular flexibility index (Phi) is 6.76. The molecule has 0 aliphatic rings. The summed E-state index contributed by atoms with van der Waals surface area (Å²) in [6.07, 6.45) is 0.148. The van der Waals surface area contributed by atoms with E-state index >= 15 is 0 Å². The molecule has 0 radical (unpaired) electrons. The first-order valence-electron chi connectivity index (χ1n) is 9.76. The monoisotopic (exact) mass is 483 g/mol. The number of thioether (sulfide) groups is 1. The number of aromatic nitrogens is 5. The molecule has 0 saturated heterocycles. The Morgan fingerprint density at radius 2 is 1.88 bits per heavy atom. The summed E-state index contributed by atoms with van der Waals surface area (Å²) in [7, 11) is 1.56. The van der Waals surface area contributed by atoms with Crippen LogP contribution in [0.25, 0.3) is 5.69 Å². The van der Waals surface area contributed by atoms with Crippen LogP contribution in [0.1, 0.15) is 21.9 Å². The quantitative estimate of drug-likeness (QED) is 0.292. The number of halogens is 1. The smallest absolute Gasteiger partial charge is 0.325 e. The van der Waals surface area contributed by atoms with Crippen LogP contribution in [-0.4, -0.2) is 43.4 Å². The third-order valence-corrected chi connectivity index (χ3v) is 5.86. The van der Waals surface area contributed by atoms with Crippen LogP contribution in [0.5, 0.6) is 5.75 Å². The summed E-state index contributed by atoms with van der Waals surface area (Å²) in [6.45, 7) is 0. The SMILES string of the molecule is COc1cccc(-n2c(Cc3cc(=O)[nH]c(=O)[nH]3)nnc2SCC(=O)c2ccc(Cl)cc2)c1. The molecule has 2 aromatic carbocycles. The average Bonchev–Trinajstić information content (AvgIpc) is 3.19. The summed E-state index contributed by atoms with van der Waals surface area (Å²) in [4.78, 5) is 40.7. The van der Waals surface area contributed by atoms with Crippen molar-refractivity contribution in [2.24, 2.45) is 0 Å². The lowest BCUT2D eigenvalue weighted by Crippen LogP contribution is -2.23. The minimum absolute atomic E-state index is 0.0858. The van der Waals surface area contributed by atoms with E-state index in [-0.39, 0.29) is 18.0 Å². The van der Waals surface area contributed by atoms with Crippen molar-refractivity contribution in [1.82, 2.24) is 24.7 Å². The number of ether oxygens (including phenoxy) is 1. The number of carbonyl (C=O) groups is 1. The molecule has 11 heteroatoms. The number of nitrogens with one attached hydrogen (secondary N) is 2. The summed E-state index contributed by atoms with van der Waals surface area (Å²) in [5.41, 5.74) is 0.523. The van der Waals surface area contributed by atoms with Crippen molar-refractivity contribution < 1.29 is 9.53 Å². The zero-order chi connectivity index (χ0) is 23.4.